The van der Waals surface area contributed by atoms with Crippen molar-refractivity contribution in [2.75, 3.05) is 13.7 Å². The van der Waals surface area contributed by atoms with Gasteiger partial charge in [-0.25, -0.2) is 14.8 Å². The summed E-state index contributed by atoms with van der Waals surface area (Å²) in [5, 5.41) is 8.61. The molecule has 5 aromatic rings. The molecule has 1 saturated carbocycles. The standard InChI is InChI=1S/C37H41N7O3/c1-19(2)33(43-37(46)47-4)36(45)44-31-15-26(31)16-32(44)35-39-18-30(42-35)25-8-7-21-12-22(5-6-23(21)13-25)24-9-10-27-28(14-24)41-34(40-27)29-11-20(3)17-38-29/h5-10,12-14,18-20,26,29,31-33,38H,11,15-17H2,1-4H3,(H,39,42)(H,40,41)(H,43,46)/t20-,26-,29+,31?,32+,33+/m1/s1. The van der Waals surface area contributed by atoms with Crippen LogP contribution in [0.3, 0.4) is 0 Å². The minimum atomic E-state index is -0.652. The maximum Gasteiger partial charge on any atom is 0.407 e. The van der Waals surface area contributed by atoms with E-state index in [2.05, 4.69) is 82.1 Å². The Morgan fingerprint density at radius 2 is 1.68 bits per heavy atom. The van der Waals surface area contributed by atoms with Gasteiger partial charge in [0, 0.05) is 17.8 Å². The van der Waals surface area contributed by atoms with Crippen LogP contribution in [0.25, 0.3) is 44.2 Å². The first-order valence-electron chi connectivity index (χ1n) is 16.7. The van der Waals surface area contributed by atoms with Gasteiger partial charge in [0.05, 0.1) is 35.9 Å². The van der Waals surface area contributed by atoms with Gasteiger partial charge >= 0.3 is 6.09 Å². The zero-order valence-corrected chi connectivity index (χ0v) is 27.2. The number of likely N-dealkylation sites (tertiary alicyclic amines) is 1. The van der Waals surface area contributed by atoms with Crippen LogP contribution in [-0.2, 0) is 9.53 Å². The summed E-state index contributed by atoms with van der Waals surface area (Å²) in [6, 6.07) is 19.1. The fourth-order valence-electron chi connectivity index (χ4n) is 7.61. The van der Waals surface area contributed by atoms with E-state index in [0.717, 1.165) is 81.6 Å². The number of H-pyrrole nitrogens is 2. The number of piperidine rings is 1. The van der Waals surface area contributed by atoms with Crippen molar-refractivity contribution < 1.29 is 14.3 Å². The number of ether oxygens (including phenoxy) is 1. The Balaban J connectivity index is 1.02. The number of aromatic amines is 2. The van der Waals surface area contributed by atoms with Crippen LogP contribution in [0.4, 0.5) is 4.79 Å². The van der Waals surface area contributed by atoms with E-state index >= 15 is 0 Å². The average Bonchev–Trinajstić information content (AvgIpc) is 3.55. The van der Waals surface area contributed by atoms with Gasteiger partial charge in [0.25, 0.3) is 0 Å². The number of rotatable bonds is 7. The maximum absolute atomic E-state index is 13.7. The molecule has 3 aromatic carbocycles. The predicted octanol–water partition coefficient (Wildman–Crippen LogP) is 6.49. The van der Waals surface area contributed by atoms with Crippen molar-refractivity contribution in [1.82, 2.24) is 35.5 Å². The first kappa shape index (κ1) is 29.7. The van der Waals surface area contributed by atoms with E-state index < -0.39 is 12.1 Å². The average molecular weight is 632 g/mol. The van der Waals surface area contributed by atoms with Crippen LogP contribution in [0.2, 0.25) is 0 Å². The molecule has 242 valence electrons. The van der Waals surface area contributed by atoms with Crippen LogP contribution in [0.1, 0.15) is 63.8 Å². The molecule has 2 aliphatic heterocycles. The summed E-state index contributed by atoms with van der Waals surface area (Å²) in [6.45, 7) is 7.18. The second kappa shape index (κ2) is 11.5. The Labute approximate surface area is 273 Å². The largest absolute Gasteiger partial charge is 0.453 e. The highest BCUT2D eigenvalue weighted by Crippen LogP contribution is 2.53. The number of hydrogen-bond donors (Lipinski definition) is 4. The summed E-state index contributed by atoms with van der Waals surface area (Å²) in [5.41, 5.74) is 6.22. The highest BCUT2D eigenvalue weighted by molar-refractivity contribution is 5.92. The van der Waals surface area contributed by atoms with Crippen LogP contribution in [-0.4, -0.2) is 62.6 Å². The molecule has 10 nitrogen and oxygen atoms in total. The third-order valence-electron chi connectivity index (χ3n) is 10.3. The van der Waals surface area contributed by atoms with E-state index in [9.17, 15) is 9.59 Å². The molecule has 0 spiro atoms. The Bertz CT molecular complexity index is 2000. The summed E-state index contributed by atoms with van der Waals surface area (Å²) in [5.74, 6) is 2.79. The van der Waals surface area contributed by atoms with E-state index in [-0.39, 0.29) is 23.9 Å². The summed E-state index contributed by atoms with van der Waals surface area (Å²) < 4.78 is 4.79. The van der Waals surface area contributed by atoms with Gasteiger partial charge < -0.3 is 30.2 Å². The number of aromatic nitrogens is 4. The third-order valence-corrected chi connectivity index (χ3v) is 10.3. The van der Waals surface area contributed by atoms with Crippen LogP contribution in [0.15, 0.2) is 60.8 Å². The molecule has 10 heteroatoms. The van der Waals surface area contributed by atoms with Gasteiger partial charge in [-0.05, 0) is 89.7 Å². The number of methoxy groups -OCH3 is 1. The van der Waals surface area contributed by atoms with Gasteiger partial charge in [-0.15, -0.1) is 0 Å². The van der Waals surface area contributed by atoms with E-state index in [1.807, 2.05) is 24.9 Å². The first-order valence-corrected chi connectivity index (χ1v) is 16.7. The lowest BCUT2D eigenvalue weighted by Gasteiger charge is -2.31. The minimum Gasteiger partial charge on any atom is -0.453 e. The number of fused-ring (bicyclic) bond motifs is 3. The van der Waals surface area contributed by atoms with Crippen molar-refractivity contribution in [2.24, 2.45) is 17.8 Å². The molecule has 1 unspecified atom stereocenters. The van der Waals surface area contributed by atoms with Gasteiger partial charge in [-0.1, -0.05) is 51.1 Å². The maximum atomic E-state index is 13.7. The fraction of sp³-hybridized carbons (Fsp3) is 0.405. The van der Waals surface area contributed by atoms with E-state index in [0.29, 0.717) is 17.9 Å². The molecule has 1 aliphatic carbocycles. The molecule has 3 aliphatic rings. The number of carbonyl (C=O) groups is 2. The molecule has 2 aromatic heterocycles. The second-order valence-electron chi connectivity index (χ2n) is 14.0. The van der Waals surface area contributed by atoms with Crippen LogP contribution in [0.5, 0.6) is 0 Å². The molecule has 0 bridgehead atoms. The SMILES string of the molecule is COC(=O)N[C@H](C(=O)N1C2C[C@@H]2C[C@H]1c1nc(-c2ccc3cc(-c4ccc5nc([C@@H]6C[C@@H](C)CN6)[nH]c5c4)ccc3c2)c[nH]1)C(C)C. The second-order valence-corrected chi connectivity index (χ2v) is 14.0. The zero-order chi connectivity index (χ0) is 32.4. The van der Waals surface area contributed by atoms with Crippen molar-refractivity contribution in [1.29, 1.82) is 0 Å². The number of imidazole rings is 2. The molecule has 47 heavy (non-hydrogen) atoms. The molecule has 4 N–H and O–H groups in total. The number of alkyl carbamates (subject to hydrolysis) is 1. The topological polar surface area (TPSA) is 128 Å². The van der Waals surface area contributed by atoms with Gasteiger partial charge in [0.1, 0.15) is 17.7 Å². The van der Waals surface area contributed by atoms with Crippen LogP contribution < -0.4 is 10.6 Å². The van der Waals surface area contributed by atoms with Crippen LogP contribution in [0, 0.1) is 17.8 Å². The van der Waals surface area contributed by atoms with E-state index in [1.54, 1.807) is 0 Å². The Morgan fingerprint density at radius 1 is 0.936 bits per heavy atom. The van der Waals surface area contributed by atoms with Crippen LogP contribution >= 0.6 is 0 Å². The molecule has 2 amide bonds. The normalized spacial score (nSPS) is 24.2. The quantitative estimate of drug-likeness (QED) is 0.163. The van der Waals surface area contributed by atoms with Crippen molar-refractivity contribution in [3.8, 4) is 22.4 Å². The lowest BCUT2D eigenvalue weighted by Crippen LogP contribution is -2.52. The molecular formula is C37H41N7O3. The van der Waals surface area contributed by atoms with Crippen molar-refractivity contribution in [2.45, 2.75) is 64.2 Å². The lowest BCUT2D eigenvalue weighted by atomic mass is 9.99. The van der Waals surface area contributed by atoms with E-state index in [4.69, 9.17) is 14.7 Å². The molecule has 8 rings (SSSR count). The smallest absolute Gasteiger partial charge is 0.407 e. The molecule has 6 atom stereocenters. The van der Waals surface area contributed by atoms with Gasteiger partial charge in [0.15, 0.2) is 0 Å². The summed E-state index contributed by atoms with van der Waals surface area (Å²) in [6.07, 6.45) is 4.31. The number of hydrogen-bond acceptors (Lipinski definition) is 6. The first-order chi connectivity index (χ1) is 22.7. The van der Waals surface area contributed by atoms with Gasteiger partial charge in [-0.3, -0.25) is 4.79 Å². The summed E-state index contributed by atoms with van der Waals surface area (Å²) in [4.78, 5) is 44.5. The molecule has 0 radical (unpaired) electrons. The predicted molar refractivity (Wildman–Crippen MR) is 181 cm³/mol. The molecule has 2 saturated heterocycles. The monoisotopic (exact) mass is 631 g/mol. The minimum absolute atomic E-state index is 0.0743. The third kappa shape index (κ3) is 5.44. The number of carbonyl (C=O) groups excluding carboxylic acids is 2. The Hall–Kier alpha value is -4.70. The number of benzene rings is 3. The number of nitrogens with zero attached hydrogens (tertiary/aromatic N) is 3. The van der Waals surface area contributed by atoms with Crippen molar-refractivity contribution in [3.05, 3.63) is 72.4 Å². The lowest BCUT2D eigenvalue weighted by molar-refractivity contribution is -0.136. The highest BCUT2D eigenvalue weighted by atomic mass is 16.5. The zero-order valence-electron chi connectivity index (χ0n) is 27.2. The van der Waals surface area contributed by atoms with E-state index in [1.165, 1.54) is 7.11 Å². The summed E-state index contributed by atoms with van der Waals surface area (Å²) in [7, 11) is 1.31. The van der Waals surface area contributed by atoms with Gasteiger partial charge in [0.2, 0.25) is 5.91 Å². The molecule has 4 heterocycles. The number of nitrogens with one attached hydrogen (secondary N) is 4. The molecular weight excluding hydrogens is 590 g/mol. The Morgan fingerprint density at radius 3 is 2.43 bits per heavy atom. The fourth-order valence-corrected chi connectivity index (χ4v) is 7.61. The van der Waals surface area contributed by atoms with Crippen molar-refractivity contribution >= 4 is 33.8 Å². The van der Waals surface area contributed by atoms with Crippen molar-refractivity contribution in [3.63, 3.8) is 0 Å². The summed E-state index contributed by atoms with van der Waals surface area (Å²) >= 11 is 0. The van der Waals surface area contributed by atoms with Gasteiger partial charge in [-0.2, -0.15) is 0 Å². The molecule has 3 fully saturated rings. The highest BCUT2D eigenvalue weighted by Gasteiger charge is 2.56. The number of amides is 2. The Kier molecular flexibility index (Phi) is 7.28.